The van der Waals surface area contributed by atoms with E-state index in [1.807, 2.05) is 18.2 Å². The van der Waals surface area contributed by atoms with Crippen LogP contribution in [-0.2, 0) is 6.61 Å². The molecule has 38 heavy (non-hydrogen) atoms. The number of hydrogen-bond acceptors (Lipinski definition) is 7. The SMILES string of the molecule is COc1ccc(/C=C2\Sc3nnc(COc4ccc(Cl)cc4)n3N=C2c2cc(F)c(Cl)cc2Cl)cc1OC. The molecule has 194 valence electrons. The quantitative estimate of drug-likeness (QED) is 0.209. The van der Waals surface area contributed by atoms with Crippen molar-refractivity contribution in [3.63, 3.8) is 0 Å². The van der Waals surface area contributed by atoms with Crippen LogP contribution in [0.1, 0.15) is 17.0 Å². The summed E-state index contributed by atoms with van der Waals surface area (Å²) < 4.78 is 32.7. The minimum absolute atomic E-state index is 0.0867. The van der Waals surface area contributed by atoms with Gasteiger partial charge in [-0.05, 0) is 71.9 Å². The smallest absolute Gasteiger partial charge is 0.217 e. The van der Waals surface area contributed by atoms with Crippen molar-refractivity contribution in [2.24, 2.45) is 5.10 Å². The predicted octanol–water partition coefficient (Wildman–Crippen LogP) is 7.37. The fourth-order valence-corrected chi connectivity index (χ4v) is 5.16. The molecule has 0 atom stereocenters. The molecule has 4 aromatic rings. The number of benzene rings is 3. The normalized spacial score (nSPS) is 13.7. The number of rotatable bonds is 7. The Morgan fingerprint density at radius 1 is 0.921 bits per heavy atom. The van der Waals surface area contributed by atoms with Crippen LogP contribution in [0.25, 0.3) is 6.08 Å². The van der Waals surface area contributed by atoms with Crippen LogP contribution in [0.4, 0.5) is 4.39 Å². The minimum atomic E-state index is -0.620. The number of fused-ring (bicyclic) bond motifs is 1. The summed E-state index contributed by atoms with van der Waals surface area (Å²) in [4.78, 5) is 0.658. The summed E-state index contributed by atoms with van der Waals surface area (Å²) in [7, 11) is 3.12. The molecule has 0 unspecified atom stereocenters. The summed E-state index contributed by atoms with van der Waals surface area (Å²) in [5.74, 6) is 1.58. The highest BCUT2D eigenvalue weighted by Crippen LogP contribution is 2.38. The van der Waals surface area contributed by atoms with E-state index in [-0.39, 0.29) is 16.7 Å². The van der Waals surface area contributed by atoms with E-state index in [9.17, 15) is 4.39 Å². The third-order valence-corrected chi connectivity index (χ3v) is 7.29. The second kappa shape index (κ2) is 11.2. The molecule has 0 spiro atoms. The predicted molar refractivity (Wildman–Crippen MR) is 148 cm³/mol. The summed E-state index contributed by atoms with van der Waals surface area (Å²) >= 11 is 19.7. The van der Waals surface area contributed by atoms with E-state index in [0.717, 1.165) is 5.56 Å². The van der Waals surface area contributed by atoms with Crippen molar-refractivity contribution in [1.82, 2.24) is 14.9 Å². The Morgan fingerprint density at radius 2 is 1.68 bits per heavy atom. The maximum absolute atomic E-state index is 14.5. The maximum Gasteiger partial charge on any atom is 0.217 e. The minimum Gasteiger partial charge on any atom is -0.493 e. The second-order valence-corrected chi connectivity index (χ2v) is 10.1. The third-order valence-electron chi connectivity index (χ3n) is 5.46. The van der Waals surface area contributed by atoms with Gasteiger partial charge in [0.2, 0.25) is 5.16 Å². The van der Waals surface area contributed by atoms with Crippen LogP contribution in [0.15, 0.2) is 69.8 Å². The zero-order chi connectivity index (χ0) is 26.8. The highest BCUT2D eigenvalue weighted by atomic mass is 35.5. The van der Waals surface area contributed by atoms with Gasteiger partial charge in [0, 0.05) is 15.5 Å². The van der Waals surface area contributed by atoms with Crippen molar-refractivity contribution in [3.05, 3.63) is 97.3 Å². The molecular formula is C26H18Cl3FN4O3S. The summed E-state index contributed by atoms with van der Waals surface area (Å²) in [5.41, 5.74) is 1.56. The van der Waals surface area contributed by atoms with E-state index < -0.39 is 5.82 Å². The van der Waals surface area contributed by atoms with Crippen molar-refractivity contribution >= 4 is 58.4 Å². The third kappa shape index (κ3) is 5.47. The van der Waals surface area contributed by atoms with Gasteiger partial charge in [-0.3, -0.25) is 0 Å². The topological polar surface area (TPSA) is 70.8 Å². The Morgan fingerprint density at radius 3 is 2.42 bits per heavy atom. The van der Waals surface area contributed by atoms with Crippen LogP contribution in [0.5, 0.6) is 17.2 Å². The van der Waals surface area contributed by atoms with Gasteiger partial charge in [0.15, 0.2) is 17.3 Å². The average molecular weight is 592 g/mol. The van der Waals surface area contributed by atoms with Crippen molar-refractivity contribution in [2.75, 3.05) is 14.2 Å². The number of methoxy groups -OCH3 is 2. The monoisotopic (exact) mass is 590 g/mol. The molecule has 0 saturated carbocycles. The Bertz CT molecular complexity index is 1570. The molecule has 5 rings (SSSR count). The van der Waals surface area contributed by atoms with Crippen LogP contribution in [0, 0.1) is 5.82 Å². The summed E-state index contributed by atoms with van der Waals surface area (Å²) in [6, 6.07) is 15.0. The molecule has 0 amide bonds. The molecular weight excluding hydrogens is 574 g/mol. The molecule has 1 aliphatic heterocycles. The Balaban J connectivity index is 1.57. The molecule has 0 radical (unpaired) electrons. The van der Waals surface area contributed by atoms with Crippen LogP contribution in [0.2, 0.25) is 15.1 Å². The number of allylic oxidation sites excluding steroid dienone is 1. The molecule has 7 nitrogen and oxygen atoms in total. The number of thioether (sulfide) groups is 1. The van der Waals surface area contributed by atoms with E-state index in [1.165, 1.54) is 23.9 Å². The molecule has 12 heteroatoms. The molecule has 0 fully saturated rings. The lowest BCUT2D eigenvalue weighted by Crippen LogP contribution is -2.15. The van der Waals surface area contributed by atoms with Crippen LogP contribution in [0.3, 0.4) is 0 Å². The molecule has 0 bridgehead atoms. The molecule has 0 aliphatic carbocycles. The molecule has 1 aromatic heterocycles. The molecule has 0 saturated heterocycles. The van der Waals surface area contributed by atoms with Gasteiger partial charge in [-0.15, -0.1) is 10.2 Å². The number of ether oxygens (including phenoxy) is 3. The number of hydrogen-bond donors (Lipinski definition) is 0. The summed E-state index contributed by atoms with van der Waals surface area (Å²) in [5, 5.41) is 14.5. The van der Waals surface area contributed by atoms with Gasteiger partial charge in [0.25, 0.3) is 0 Å². The fraction of sp³-hybridized carbons (Fsp3) is 0.115. The van der Waals surface area contributed by atoms with Gasteiger partial charge in [0.05, 0.1) is 24.3 Å². The average Bonchev–Trinajstić information content (AvgIpc) is 3.31. The Labute approximate surface area is 236 Å². The summed E-state index contributed by atoms with van der Waals surface area (Å²) in [6.07, 6.45) is 1.87. The molecule has 1 aliphatic rings. The van der Waals surface area contributed by atoms with Crippen molar-refractivity contribution < 1.29 is 18.6 Å². The standard InChI is InChI=1S/C26H18Cl3FN4O3S/c1-35-21-8-3-14(9-22(21)36-2)10-23-25(17-11-20(30)19(29)12-18(17)28)33-34-24(31-32-26(34)38-23)13-37-16-6-4-15(27)5-7-16/h3-12H,13H2,1-2H3/b23-10-. The summed E-state index contributed by atoms with van der Waals surface area (Å²) in [6.45, 7) is 0.0867. The molecule has 0 N–H and O–H groups in total. The lowest BCUT2D eigenvalue weighted by atomic mass is 10.1. The lowest BCUT2D eigenvalue weighted by Gasteiger charge is -2.18. The molecule has 2 heterocycles. The van der Waals surface area contributed by atoms with Gasteiger partial charge >= 0.3 is 0 Å². The van der Waals surface area contributed by atoms with E-state index in [1.54, 1.807) is 49.2 Å². The lowest BCUT2D eigenvalue weighted by molar-refractivity contribution is 0.290. The Kier molecular flexibility index (Phi) is 7.80. The fourth-order valence-electron chi connectivity index (χ4n) is 3.61. The van der Waals surface area contributed by atoms with Crippen LogP contribution < -0.4 is 14.2 Å². The molecule has 3 aromatic carbocycles. The number of nitrogens with zero attached hydrogens (tertiary/aromatic N) is 4. The van der Waals surface area contributed by atoms with Crippen molar-refractivity contribution in [1.29, 1.82) is 0 Å². The zero-order valence-corrected chi connectivity index (χ0v) is 23.0. The van der Waals surface area contributed by atoms with Crippen molar-refractivity contribution in [2.45, 2.75) is 11.8 Å². The van der Waals surface area contributed by atoms with Gasteiger partial charge in [-0.25, -0.2) is 4.39 Å². The number of aromatic nitrogens is 3. The van der Waals surface area contributed by atoms with E-state index in [2.05, 4.69) is 10.2 Å². The first kappa shape index (κ1) is 26.4. The van der Waals surface area contributed by atoms with Gasteiger partial charge in [0.1, 0.15) is 23.9 Å². The van der Waals surface area contributed by atoms with E-state index in [4.69, 9.17) is 54.1 Å². The largest absolute Gasteiger partial charge is 0.493 e. The first-order chi connectivity index (χ1) is 18.4. The second-order valence-electron chi connectivity index (χ2n) is 7.87. The zero-order valence-electron chi connectivity index (χ0n) is 19.9. The number of halogens is 4. The highest BCUT2D eigenvalue weighted by Gasteiger charge is 2.27. The first-order valence-corrected chi connectivity index (χ1v) is 13.0. The maximum atomic E-state index is 14.5. The van der Waals surface area contributed by atoms with E-state index >= 15 is 0 Å². The van der Waals surface area contributed by atoms with Crippen LogP contribution >= 0.6 is 46.6 Å². The first-order valence-electron chi connectivity index (χ1n) is 11.0. The Hall–Kier alpha value is -3.24. The van der Waals surface area contributed by atoms with Gasteiger partial charge in [-0.1, -0.05) is 40.9 Å². The van der Waals surface area contributed by atoms with Crippen LogP contribution in [-0.4, -0.2) is 34.8 Å². The van der Waals surface area contributed by atoms with Gasteiger partial charge in [-0.2, -0.15) is 9.78 Å². The van der Waals surface area contributed by atoms with Gasteiger partial charge < -0.3 is 14.2 Å². The van der Waals surface area contributed by atoms with E-state index in [0.29, 0.717) is 49.4 Å². The highest BCUT2D eigenvalue weighted by molar-refractivity contribution is 8.04. The van der Waals surface area contributed by atoms with Crippen molar-refractivity contribution in [3.8, 4) is 17.2 Å².